The molecular formula is C21H13BrCl2F3N3O3. The van der Waals surface area contributed by atoms with Crippen LogP contribution in [0.2, 0.25) is 10.0 Å². The molecule has 0 radical (unpaired) electrons. The third-order valence-electron chi connectivity index (χ3n) is 4.25. The molecule has 6 nitrogen and oxygen atoms in total. The van der Waals surface area contributed by atoms with Crippen molar-refractivity contribution < 1.29 is 22.8 Å². The van der Waals surface area contributed by atoms with Crippen LogP contribution in [0, 0.1) is 10.1 Å². The molecule has 0 spiro atoms. The van der Waals surface area contributed by atoms with Gasteiger partial charge in [-0.1, -0.05) is 29.3 Å². The summed E-state index contributed by atoms with van der Waals surface area (Å²) in [6, 6.07) is 12.4. The number of ether oxygens (including phenoxy) is 1. The number of hydrogen-bond acceptors (Lipinski definition) is 5. The van der Waals surface area contributed by atoms with Gasteiger partial charge in [0.1, 0.15) is 18.0 Å². The molecule has 3 rings (SSSR count). The number of hydrazone groups is 1. The minimum Gasteiger partial charge on any atom is -0.488 e. The van der Waals surface area contributed by atoms with Gasteiger partial charge < -0.3 is 4.74 Å². The van der Waals surface area contributed by atoms with Gasteiger partial charge in [-0.3, -0.25) is 15.5 Å². The van der Waals surface area contributed by atoms with Gasteiger partial charge in [-0.05, 0) is 69.5 Å². The molecule has 3 aromatic carbocycles. The van der Waals surface area contributed by atoms with Crippen LogP contribution in [0.5, 0.6) is 5.75 Å². The van der Waals surface area contributed by atoms with E-state index < -0.39 is 22.4 Å². The minimum absolute atomic E-state index is 0.176. The lowest BCUT2D eigenvalue weighted by Gasteiger charge is -2.10. The van der Waals surface area contributed by atoms with E-state index in [-0.39, 0.29) is 12.3 Å². The van der Waals surface area contributed by atoms with Gasteiger partial charge in [0.25, 0.3) is 5.69 Å². The van der Waals surface area contributed by atoms with E-state index in [1.807, 2.05) is 0 Å². The second kappa shape index (κ2) is 10.4. The van der Waals surface area contributed by atoms with Crippen LogP contribution in [-0.2, 0) is 12.8 Å². The average molecular weight is 563 g/mol. The maximum Gasteiger partial charge on any atom is 0.416 e. The van der Waals surface area contributed by atoms with Gasteiger partial charge in [0.2, 0.25) is 0 Å². The van der Waals surface area contributed by atoms with E-state index in [2.05, 4.69) is 26.5 Å². The third-order valence-corrected chi connectivity index (χ3v) is 5.61. The molecule has 172 valence electrons. The van der Waals surface area contributed by atoms with Crippen LogP contribution in [0.15, 0.2) is 64.2 Å². The zero-order valence-electron chi connectivity index (χ0n) is 16.4. The van der Waals surface area contributed by atoms with Crippen LogP contribution in [0.25, 0.3) is 0 Å². The molecule has 0 saturated heterocycles. The Hall–Kier alpha value is -2.82. The molecule has 0 aliphatic carbocycles. The number of nitro groups is 1. The lowest BCUT2D eigenvalue weighted by molar-refractivity contribution is -0.384. The van der Waals surface area contributed by atoms with Crippen molar-refractivity contribution in [1.29, 1.82) is 0 Å². The normalized spacial score (nSPS) is 11.6. The van der Waals surface area contributed by atoms with Crippen LogP contribution in [0.1, 0.15) is 16.7 Å². The topological polar surface area (TPSA) is 76.8 Å². The van der Waals surface area contributed by atoms with Gasteiger partial charge in [-0.2, -0.15) is 18.3 Å². The molecule has 1 N–H and O–H groups in total. The number of halogens is 6. The summed E-state index contributed by atoms with van der Waals surface area (Å²) in [5.74, 6) is 0.546. The first-order chi connectivity index (χ1) is 15.5. The van der Waals surface area contributed by atoms with Gasteiger partial charge in [-0.15, -0.1) is 0 Å². The van der Waals surface area contributed by atoms with Crippen LogP contribution >= 0.6 is 39.1 Å². The van der Waals surface area contributed by atoms with Gasteiger partial charge in [0.05, 0.1) is 31.2 Å². The molecule has 0 heterocycles. The first-order valence-electron chi connectivity index (χ1n) is 9.05. The van der Waals surface area contributed by atoms with Gasteiger partial charge in [0, 0.05) is 6.07 Å². The Bertz CT molecular complexity index is 1220. The van der Waals surface area contributed by atoms with Gasteiger partial charge in [-0.25, -0.2) is 0 Å². The van der Waals surface area contributed by atoms with Crippen molar-refractivity contribution in [3.05, 3.63) is 95.9 Å². The molecule has 0 fully saturated rings. The molecule has 0 saturated carbocycles. The molecule has 0 aliphatic heterocycles. The molecule has 0 amide bonds. The van der Waals surface area contributed by atoms with E-state index in [4.69, 9.17) is 27.9 Å². The van der Waals surface area contributed by atoms with Crippen LogP contribution in [0.4, 0.5) is 24.5 Å². The summed E-state index contributed by atoms with van der Waals surface area (Å²) in [6.45, 7) is 0.252. The highest BCUT2D eigenvalue weighted by molar-refractivity contribution is 9.10. The Labute approximate surface area is 204 Å². The zero-order valence-corrected chi connectivity index (χ0v) is 19.5. The summed E-state index contributed by atoms with van der Waals surface area (Å²) >= 11 is 15.3. The van der Waals surface area contributed by atoms with Crippen LogP contribution < -0.4 is 10.2 Å². The van der Waals surface area contributed by atoms with Crippen molar-refractivity contribution in [2.75, 3.05) is 5.43 Å². The fourth-order valence-corrected chi connectivity index (χ4v) is 3.47. The van der Waals surface area contributed by atoms with Crippen LogP contribution in [-0.4, -0.2) is 11.1 Å². The molecule has 3 aromatic rings. The standard InChI is InChI=1S/C21H13BrCl2F3N3O3/c22-15-7-12(2-6-20(15)33-11-13-1-4-16(23)17(24)8-13)10-28-29-18-5-3-14(21(25,26)27)9-19(18)30(31)32/h1-10,29H,11H2/b28-10-. The van der Waals surface area contributed by atoms with E-state index in [0.29, 0.717) is 31.9 Å². The molecular weight excluding hydrogens is 550 g/mol. The number of nitro benzene ring substituents is 1. The highest BCUT2D eigenvalue weighted by atomic mass is 79.9. The quantitative estimate of drug-likeness (QED) is 0.182. The van der Waals surface area contributed by atoms with E-state index in [1.54, 1.807) is 36.4 Å². The van der Waals surface area contributed by atoms with E-state index in [0.717, 1.165) is 17.7 Å². The first kappa shape index (κ1) is 24.8. The molecule has 0 unspecified atom stereocenters. The van der Waals surface area contributed by atoms with Gasteiger partial charge >= 0.3 is 6.18 Å². The van der Waals surface area contributed by atoms with E-state index in [9.17, 15) is 23.3 Å². The summed E-state index contributed by atoms with van der Waals surface area (Å²) in [5.41, 5.74) is 1.79. The van der Waals surface area contributed by atoms with Gasteiger partial charge in [0.15, 0.2) is 0 Å². The van der Waals surface area contributed by atoms with Crippen LogP contribution in [0.3, 0.4) is 0 Å². The minimum atomic E-state index is -4.69. The summed E-state index contributed by atoms with van der Waals surface area (Å²) in [6.07, 6.45) is -3.34. The third kappa shape index (κ3) is 6.59. The lowest BCUT2D eigenvalue weighted by Crippen LogP contribution is -2.06. The zero-order chi connectivity index (χ0) is 24.2. The highest BCUT2D eigenvalue weighted by Gasteiger charge is 2.33. The fraction of sp³-hybridized carbons (Fsp3) is 0.0952. The Morgan fingerprint density at radius 1 is 1.09 bits per heavy atom. The molecule has 33 heavy (non-hydrogen) atoms. The second-order valence-electron chi connectivity index (χ2n) is 6.58. The number of hydrogen-bond donors (Lipinski definition) is 1. The molecule has 0 aromatic heterocycles. The van der Waals surface area contributed by atoms with Crippen molar-refractivity contribution in [1.82, 2.24) is 0 Å². The average Bonchev–Trinajstić information content (AvgIpc) is 2.75. The van der Waals surface area contributed by atoms with Crippen molar-refractivity contribution >= 4 is 56.7 Å². The Kier molecular flexibility index (Phi) is 7.83. The number of nitrogens with one attached hydrogen (secondary N) is 1. The lowest BCUT2D eigenvalue weighted by atomic mass is 10.1. The monoisotopic (exact) mass is 561 g/mol. The highest BCUT2D eigenvalue weighted by Crippen LogP contribution is 2.35. The molecule has 0 aliphatic rings. The van der Waals surface area contributed by atoms with Crippen molar-refractivity contribution in [2.24, 2.45) is 5.10 Å². The number of benzene rings is 3. The van der Waals surface area contributed by atoms with Crippen molar-refractivity contribution in [3.63, 3.8) is 0 Å². The molecule has 12 heteroatoms. The Morgan fingerprint density at radius 2 is 1.85 bits per heavy atom. The maximum atomic E-state index is 12.8. The largest absolute Gasteiger partial charge is 0.488 e. The number of anilines is 1. The summed E-state index contributed by atoms with van der Waals surface area (Å²) in [4.78, 5) is 10.2. The Balaban J connectivity index is 1.68. The SMILES string of the molecule is O=[N+]([O-])c1cc(C(F)(F)F)ccc1N/N=C\c1ccc(OCc2ccc(Cl)c(Cl)c2)c(Br)c1. The summed E-state index contributed by atoms with van der Waals surface area (Å²) in [7, 11) is 0. The maximum absolute atomic E-state index is 12.8. The summed E-state index contributed by atoms with van der Waals surface area (Å²) in [5, 5.41) is 15.9. The predicted octanol–water partition coefficient (Wildman–Crippen LogP) is 7.71. The number of alkyl halides is 3. The second-order valence-corrected chi connectivity index (χ2v) is 8.25. The fourth-order valence-electron chi connectivity index (χ4n) is 2.63. The van der Waals surface area contributed by atoms with E-state index >= 15 is 0 Å². The van der Waals surface area contributed by atoms with Crippen molar-refractivity contribution in [3.8, 4) is 5.75 Å². The first-order valence-corrected chi connectivity index (χ1v) is 10.6. The summed E-state index contributed by atoms with van der Waals surface area (Å²) < 4.78 is 44.7. The molecule has 0 atom stereocenters. The van der Waals surface area contributed by atoms with E-state index in [1.165, 1.54) is 6.21 Å². The van der Waals surface area contributed by atoms with Crippen molar-refractivity contribution in [2.45, 2.75) is 12.8 Å². The molecule has 0 bridgehead atoms. The smallest absolute Gasteiger partial charge is 0.416 e. The number of nitrogens with zero attached hydrogens (tertiary/aromatic N) is 2. The predicted molar refractivity (Wildman–Crippen MR) is 124 cm³/mol. The number of rotatable bonds is 7. The Morgan fingerprint density at radius 3 is 2.48 bits per heavy atom.